The maximum absolute atomic E-state index is 5.32. The zero-order valence-corrected chi connectivity index (χ0v) is 10.8. The van der Waals surface area contributed by atoms with Gasteiger partial charge in [-0.2, -0.15) is 0 Å². The molecule has 0 saturated carbocycles. The van der Waals surface area contributed by atoms with Crippen LogP contribution in [0.1, 0.15) is 56.6 Å². The summed E-state index contributed by atoms with van der Waals surface area (Å²) in [5, 5.41) is 0. The van der Waals surface area contributed by atoms with Crippen LogP contribution >= 0.6 is 0 Å². The topological polar surface area (TPSA) is 9.23 Å². The SMILES string of the molecule is COc1ccc2c(c1)[C@@H](C)CC[C@H]2C(C)C. The van der Waals surface area contributed by atoms with E-state index in [4.69, 9.17) is 4.74 Å². The maximum atomic E-state index is 5.32. The molecule has 1 heteroatoms. The minimum Gasteiger partial charge on any atom is -0.497 e. The van der Waals surface area contributed by atoms with E-state index in [9.17, 15) is 0 Å². The van der Waals surface area contributed by atoms with Crippen LogP contribution in [0.2, 0.25) is 0 Å². The molecule has 0 heterocycles. The molecule has 0 amide bonds. The van der Waals surface area contributed by atoms with Gasteiger partial charge in [0.1, 0.15) is 5.75 Å². The van der Waals surface area contributed by atoms with Crippen LogP contribution in [0.3, 0.4) is 0 Å². The third-order valence-electron chi connectivity index (χ3n) is 3.94. The predicted octanol–water partition coefficient (Wildman–Crippen LogP) is 4.33. The van der Waals surface area contributed by atoms with Gasteiger partial charge in [0.25, 0.3) is 0 Å². The zero-order valence-electron chi connectivity index (χ0n) is 10.8. The van der Waals surface area contributed by atoms with Crippen LogP contribution in [-0.4, -0.2) is 7.11 Å². The summed E-state index contributed by atoms with van der Waals surface area (Å²) in [5.74, 6) is 3.15. The second-order valence-corrected chi connectivity index (χ2v) is 5.32. The Hall–Kier alpha value is -0.980. The summed E-state index contributed by atoms with van der Waals surface area (Å²) in [4.78, 5) is 0. The van der Waals surface area contributed by atoms with Crippen LogP contribution in [0.15, 0.2) is 18.2 Å². The molecule has 0 saturated heterocycles. The number of methoxy groups -OCH3 is 1. The van der Waals surface area contributed by atoms with Gasteiger partial charge in [-0.1, -0.05) is 26.8 Å². The lowest BCUT2D eigenvalue weighted by atomic mass is 9.73. The zero-order chi connectivity index (χ0) is 11.7. The van der Waals surface area contributed by atoms with E-state index in [2.05, 4.69) is 39.0 Å². The van der Waals surface area contributed by atoms with E-state index >= 15 is 0 Å². The standard InChI is InChI=1S/C15H22O/c1-10(2)13-7-5-11(3)15-9-12(16-4)6-8-14(13)15/h6,8-11,13H,5,7H2,1-4H3/t11-,13-/m0/s1. The van der Waals surface area contributed by atoms with Gasteiger partial charge in [-0.3, -0.25) is 0 Å². The molecule has 1 aliphatic rings. The Kier molecular flexibility index (Phi) is 3.22. The monoisotopic (exact) mass is 218 g/mol. The predicted molar refractivity (Wildman–Crippen MR) is 68.2 cm³/mol. The van der Waals surface area contributed by atoms with Crippen molar-refractivity contribution in [3.63, 3.8) is 0 Å². The Labute approximate surface area is 98.8 Å². The van der Waals surface area contributed by atoms with Crippen molar-refractivity contribution in [3.8, 4) is 5.75 Å². The Morgan fingerprint density at radius 2 is 1.94 bits per heavy atom. The highest BCUT2D eigenvalue weighted by molar-refractivity contribution is 5.41. The van der Waals surface area contributed by atoms with Gasteiger partial charge in [0.2, 0.25) is 0 Å². The largest absolute Gasteiger partial charge is 0.497 e. The molecule has 0 radical (unpaired) electrons. The average Bonchev–Trinajstić information content (AvgIpc) is 2.29. The fourth-order valence-electron chi connectivity index (χ4n) is 2.88. The van der Waals surface area contributed by atoms with Gasteiger partial charge in [-0.25, -0.2) is 0 Å². The van der Waals surface area contributed by atoms with Gasteiger partial charge >= 0.3 is 0 Å². The summed E-state index contributed by atoms with van der Waals surface area (Å²) in [6.07, 6.45) is 2.64. The molecule has 0 aromatic heterocycles. The van der Waals surface area contributed by atoms with Crippen LogP contribution in [0.4, 0.5) is 0 Å². The highest BCUT2D eigenvalue weighted by Gasteiger charge is 2.26. The van der Waals surface area contributed by atoms with Gasteiger partial charge in [0.05, 0.1) is 7.11 Å². The summed E-state index contributed by atoms with van der Waals surface area (Å²) >= 11 is 0. The Balaban J connectivity index is 2.43. The quantitative estimate of drug-likeness (QED) is 0.717. The molecule has 0 spiro atoms. The Morgan fingerprint density at radius 3 is 2.56 bits per heavy atom. The molecule has 88 valence electrons. The van der Waals surface area contributed by atoms with E-state index in [1.54, 1.807) is 12.7 Å². The molecule has 1 aliphatic carbocycles. The van der Waals surface area contributed by atoms with Gasteiger partial charge < -0.3 is 4.74 Å². The van der Waals surface area contributed by atoms with E-state index in [0.29, 0.717) is 5.92 Å². The first-order valence-corrected chi connectivity index (χ1v) is 6.31. The molecule has 0 bridgehead atoms. The van der Waals surface area contributed by atoms with Crippen LogP contribution in [-0.2, 0) is 0 Å². The molecule has 0 N–H and O–H groups in total. The number of rotatable bonds is 2. The number of benzene rings is 1. The van der Waals surface area contributed by atoms with Gasteiger partial charge in [-0.05, 0) is 53.9 Å². The lowest BCUT2D eigenvalue weighted by molar-refractivity contribution is 0.397. The lowest BCUT2D eigenvalue weighted by Gasteiger charge is -2.32. The summed E-state index contributed by atoms with van der Waals surface area (Å²) in [6.45, 7) is 6.98. The molecule has 1 nitrogen and oxygen atoms in total. The molecule has 1 aromatic carbocycles. The first-order chi connectivity index (χ1) is 7.63. The fourth-order valence-corrected chi connectivity index (χ4v) is 2.88. The Morgan fingerprint density at radius 1 is 1.19 bits per heavy atom. The normalized spacial score (nSPS) is 24.3. The number of hydrogen-bond acceptors (Lipinski definition) is 1. The lowest BCUT2D eigenvalue weighted by Crippen LogP contribution is -2.17. The van der Waals surface area contributed by atoms with Crippen molar-refractivity contribution in [2.75, 3.05) is 7.11 Å². The molecular weight excluding hydrogens is 196 g/mol. The van der Waals surface area contributed by atoms with Crippen LogP contribution in [0, 0.1) is 5.92 Å². The third-order valence-corrected chi connectivity index (χ3v) is 3.94. The summed E-state index contributed by atoms with van der Waals surface area (Å²) in [5.41, 5.74) is 3.05. The van der Waals surface area contributed by atoms with Crippen LogP contribution < -0.4 is 4.74 Å². The van der Waals surface area contributed by atoms with E-state index in [0.717, 1.165) is 17.6 Å². The average molecular weight is 218 g/mol. The van der Waals surface area contributed by atoms with Crippen molar-refractivity contribution < 1.29 is 4.74 Å². The van der Waals surface area contributed by atoms with Crippen molar-refractivity contribution in [3.05, 3.63) is 29.3 Å². The molecule has 0 fully saturated rings. The third kappa shape index (κ3) is 1.95. The highest BCUT2D eigenvalue weighted by Crippen LogP contribution is 2.43. The van der Waals surface area contributed by atoms with E-state index in [1.807, 2.05) is 0 Å². The second kappa shape index (κ2) is 4.48. The van der Waals surface area contributed by atoms with E-state index in [-0.39, 0.29) is 0 Å². The van der Waals surface area contributed by atoms with Gasteiger partial charge in [0, 0.05) is 0 Å². The minimum atomic E-state index is 0.681. The van der Waals surface area contributed by atoms with Crippen molar-refractivity contribution in [2.24, 2.45) is 5.92 Å². The number of fused-ring (bicyclic) bond motifs is 1. The van der Waals surface area contributed by atoms with Gasteiger partial charge in [0.15, 0.2) is 0 Å². The molecule has 2 rings (SSSR count). The van der Waals surface area contributed by atoms with Crippen molar-refractivity contribution in [2.45, 2.75) is 45.4 Å². The first kappa shape index (κ1) is 11.5. The first-order valence-electron chi connectivity index (χ1n) is 6.31. The second-order valence-electron chi connectivity index (χ2n) is 5.32. The van der Waals surface area contributed by atoms with Crippen LogP contribution in [0.25, 0.3) is 0 Å². The molecule has 16 heavy (non-hydrogen) atoms. The van der Waals surface area contributed by atoms with Gasteiger partial charge in [-0.15, -0.1) is 0 Å². The highest BCUT2D eigenvalue weighted by atomic mass is 16.5. The van der Waals surface area contributed by atoms with Crippen LogP contribution in [0.5, 0.6) is 5.75 Å². The maximum Gasteiger partial charge on any atom is 0.119 e. The molecular formula is C15H22O. The summed E-state index contributed by atoms with van der Waals surface area (Å²) in [6, 6.07) is 6.61. The molecule has 1 aromatic rings. The van der Waals surface area contributed by atoms with Crippen molar-refractivity contribution >= 4 is 0 Å². The Bertz CT molecular complexity index is 368. The minimum absolute atomic E-state index is 0.681. The number of ether oxygens (including phenoxy) is 1. The van der Waals surface area contributed by atoms with Crippen molar-refractivity contribution in [1.29, 1.82) is 0 Å². The van der Waals surface area contributed by atoms with Crippen molar-refractivity contribution in [1.82, 2.24) is 0 Å². The molecule has 2 atom stereocenters. The summed E-state index contributed by atoms with van der Waals surface area (Å²) in [7, 11) is 1.75. The van der Waals surface area contributed by atoms with E-state index < -0.39 is 0 Å². The molecule has 0 unspecified atom stereocenters. The van der Waals surface area contributed by atoms with E-state index in [1.165, 1.54) is 18.4 Å². The number of hydrogen-bond donors (Lipinski definition) is 0. The fraction of sp³-hybridized carbons (Fsp3) is 0.600. The smallest absolute Gasteiger partial charge is 0.119 e. The molecule has 0 aliphatic heterocycles. The summed E-state index contributed by atoms with van der Waals surface area (Å²) < 4.78 is 5.32.